The Hall–Kier alpha value is -1.32. The van der Waals surface area contributed by atoms with Gasteiger partial charge in [-0.15, -0.1) is 0 Å². The molecule has 3 rings (SSSR count). The summed E-state index contributed by atoms with van der Waals surface area (Å²) >= 11 is 5.97. The van der Waals surface area contributed by atoms with E-state index in [-0.39, 0.29) is 0 Å². The minimum Gasteiger partial charge on any atom is -0.385 e. The minimum atomic E-state index is -0.577. The van der Waals surface area contributed by atoms with Gasteiger partial charge >= 0.3 is 0 Å². The molecule has 1 aromatic heterocycles. The second kappa shape index (κ2) is 3.34. The highest BCUT2D eigenvalue weighted by molar-refractivity contribution is 6.29. The Bertz CT molecular complexity index is 514. The van der Waals surface area contributed by atoms with Gasteiger partial charge in [0.1, 0.15) is 5.15 Å². The first-order valence-corrected chi connectivity index (χ1v) is 5.60. The number of benzene rings is 1. The molecule has 0 saturated heterocycles. The Balaban J connectivity index is 1.96. The van der Waals surface area contributed by atoms with Gasteiger partial charge in [0.25, 0.3) is 0 Å². The van der Waals surface area contributed by atoms with E-state index in [1.807, 2.05) is 24.3 Å². The molecular weight excluding hydrogens is 224 g/mol. The zero-order chi connectivity index (χ0) is 11.2. The van der Waals surface area contributed by atoms with Crippen LogP contribution in [-0.2, 0) is 5.60 Å². The molecule has 1 saturated carbocycles. The van der Waals surface area contributed by atoms with Crippen LogP contribution in [0.3, 0.4) is 0 Å². The fraction of sp³-hybridized carbons (Fsp3) is 0.250. The molecule has 0 radical (unpaired) electrons. The number of rotatable bonds is 2. The first-order valence-electron chi connectivity index (χ1n) is 5.22. The molecule has 0 bridgehead atoms. The maximum atomic E-state index is 9.93. The first-order chi connectivity index (χ1) is 7.69. The van der Waals surface area contributed by atoms with Crippen molar-refractivity contribution in [2.24, 2.45) is 0 Å². The van der Waals surface area contributed by atoms with E-state index < -0.39 is 5.60 Å². The minimum absolute atomic E-state index is 0.577. The molecule has 16 heavy (non-hydrogen) atoms. The van der Waals surface area contributed by atoms with Gasteiger partial charge in [0.2, 0.25) is 0 Å². The van der Waals surface area contributed by atoms with Gasteiger partial charge in [0.05, 0.1) is 17.5 Å². The third kappa shape index (κ3) is 1.52. The van der Waals surface area contributed by atoms with Crippen LogP contribution in [0.5, 0.6) is 0 Å². The largest absolute Gasteiger partial charge is 0.385 e. The lowest BCUT2D eigenvalue weighted by atomic mass is 10.1. The van der Waals surface area contributed by atoms with Crippen molar-refractivity contribution in [3.63, 3.8) is 0 Å². The van der Waals surface area contributed by atoms with Gasteiger partial charge in [-0.2, -0.15) is 5.10 Å². The van der Waals surface area contributed by atoms with Crippen molar-refractivity contribution < 1.29 is 5.11 Å². The molecule has 1 fully saturated rings. The number of halogens is 1. The normalized spacial score (nSPS) is 17.4. The summed E-state index contributed by atoms with van der Waals surface area (Å²) in [6, 6.07) is 9.44. The molecule has 82 valence electrons. The van der Waals surface area contributed by atoms with Crippen LogP contribution < -0.4 is 0 Å². The molecule has 0 aliphatic heterocycles. The lowest BCUT2D eigenvalue weighted by Crippen LogP contribution is -2.04. The number of hydrogen-bond donors (Lipinski definition) is 1. The molecule has 1 aromatic carbocycles. The van der Waals surface area contributed by atoms with Crippen LogP contribution in [0.25, 0.3) is 5.69 Å². The van der Waals surface area contributed by atoms with Crippen LogP contribution >= 0.6 is 11.6 Å². The van der Waals surface area contributed by atoms with Gasteiger partial charge in [-0.1, -0.05) is 23.7 Å². The zero-order valence-corrected chi connectivity index (χ0v) is 9.35. The monoisotopic (exact) mass is 234 g/mol. The molecule has 3 nitrogen and oxygen atoms in total. The van der Waals surface area contributed by atoms with Crippen LogP contribution in [0.1, 0.15) is 18.4 Å². The van der Waals surface area contributed by atoms with Crippen molar-refractivity contribution in [3.05, 3.63) is 47.2 Å². The molecule has 2 aromatic rings. The van der Waals surface area contributed by atoms with Gasteiger partial charge in [0.15, 0.2) is 0 Å². The molecule has 0 spiro atoms. The molecule has 0 amide bonds. The summed E-state index contributed by atoms with van der Waals surface area (Å²) in [5.41, 5.74) is 1.30. The van der Waals surface area contributed by atoms with Crippen molar-refractivity contribution >= 4 is 11.6 Å². The summed E-state index contributed by atoms with van der Waals surface area (Å²) in [5, 5.41) is 14.6. The van der Waals surface area contributed by atoms with Gasteiger partial charge in [-0.25, -0.2) is 4.68 Å². The van der Waals surface area contributed by atoms with E-state index in [0.29, 0.717) is 5.15 Å². The average molecular weight is 235 g/mol. The highest BCUT2D eigenvalue weighted by Gasteiger charge is 2.41. The zero-order valence-electron chi connectivity index (χ0n) is 8.60. The molecule has 0 unspecified atom stereocenters. The molecule has 1 heterocycles. The van der Waals surface area contributed by atoms with E-state index in [1.54, 1.807) is 16.9 Å². The van der Waals surface area contributed by atoms with Crippen LogP contribution in [-0.4, -0.2) is 14.9 Å². The summed E-state index contributed by atoms with van der Waals surface area (Å²) in [5.74, 6) is 0. The van der Waals surface area contributed by atoms with Gasteiger partial charge in [-0.3, -0.25) is 0 Å². The Morgan fingerprint density at radius 3 is 2.38 bits per heavy atom. The Kier molecular flexibility index (Phi) is 2.06. The summed E-state index contributed by atoms with van der Waals surface area (Å²) in [6.07, 6.45) is 3.37. The molecule has 1 aliphatic rings. The molecule has 4 heteroatoms. The smallest absolute Gasteiger partial charge is 0.132 e. The Morgan fingerprint density at radius 1 is 1.19 bits per heavy atom. The predicted octanol–water partition coefficient (Wildman–Crippen LogP) is 2.51. The fourth-order valence-electron chi connectivity index (χ4n) is 1.80. The van der Waals surface area contributed by atoms with E-state index >= 15 is 0 Å². The van der Waals surface area contributed by atoms with Crippen molar-refractivity contribution in [3.8, 4) is 5.69 Å². The molecular formula is C12H11ClN2O. The highest BCUT2D eigenvalue weighted by atomic mass is 35.5. The topological polar surface area (TPSA) is 38.0 Å². The maximum Gasteiger partial charge on any atom is 0.132 e. The SMILES string of the molecule is OC1(c2ccc(-n3nccc3Cl)cc2)CC1. The number of aliphatic hydroxyl groups is 1. The average Bonchev–Trinajstić information content (AvgIpc) is 2.90. The van der Waals surface area contributed by atoms with Crippen molar-refractivity contribution in [2.75, 3.05) is 0 Å². The first kappa shape index (κ1) is 9.87. The van der Waals surface area contributed by atoms with E-state index in [4.69, 9.17) is 11.6 Å². The highest BCUT2D eigenvalue weighted by Crippen LogP contribution is 2.45. The number of aromatic nitrogens is 2. The van der Waals surface area contributed by atoms with E-state index in [1.165, 1.54) is 0 Å². The van der Waals surface area contributed by atoms with E-state index in [2.05, 4.69) is 5.10 Å². The number of nitrogens with zero attached hydrogens (tertiary/aromatic N) is 2. The standard InChI is InChI=1S/C12H11ClN2O/c13-11-5-8-14-15(11)10-3-1-9(2-4-10)12(16)6-7-12/h1-5,8,16H,6-7H2. The predicted molar refractivity (Wildman–Crippen MR) is 61.7 cm³/mol. The third-order valence-electron chi connectivity index (χ3n) is 2.97. The van der Waals surface area contributed by atoms with Crippen LogP contribution in [0.4, 0.5) is 0 Å². The second-order valence-corrected chi connectivity index (χ2v) is 4.53. The lowest BCUT2D eigenvalue weighted by molar-refractivity contribution is 0.151. The van der Waals surface area contributed by atoms with Gasteiger partial charge in [0, 0.05) is 0 Å². The Morgan fingerprint density at radius 2 is 1.88 bits per heavy atom. The van der Waals surface area contributed by atoms with E-state index in [0.717, 1.165) is 24.1 Å². The molecule has 0 atom stereocenters. The molecule has 1 N–H and O–H groups in total. The van der Waals surface area contributed by atoms with Crippen LogP contribution in [0.15, 0.2) is 36.5 Å². The third-order valence-corrected chi connectivity index (χ3v) is 3.26. The second-order valence-electron chi connectivity index (χ2n) is 4.14. The summed E-state index contributed by atoms with van der Waals surface area (Å²) in [7, 11) is 0. The number of hydrogen-bond acceptors (Lipinski definition) is 2. The lowest BCUT2D eigenvalue weighted by Gasteiger charge is -2.09. The van der Waals surface area contributed by atoms with Crippen molar-refractivity contribution in [1.29, 1.82) is 0 Å². The van der Waals surface area contributed by atoms with E-state index in [9.17, 15) is 5.11 Å². The Labute approximate surface area is 98.3 Å². The van der Waals surface area contributed by atoms with Crippen molar-refractivity contribution in [1.82, 2.24) is 9.78 Å². The van der Waals surface area contributed by atoms with Crippen molar-refractivity contribution in [2.45, 2.75) is 18.4 Å². The fourth-order valence-corrected chi connectivity index (χ4v) is 1.99. The van der Waals surface area contributed by atoms with Gasteiger partial charge < -0.3 is 5.11 Å². The maximum absolute atomic E-state index is 9.93. The summed E-state index contributed by atoms with van der Waals surface area (Å²) in [6.45, 7) is 0. The quantitative estimate of drug-likeness (QED) is 0.867. The van der Waals surface area contributed by atoms with Crippen LogP contribution in [0, 0.1) is 0 Å². The van der Waals surface area contributed by atoms with Gasteiger partial charge in [-0.05, 0) is 36.6 Å². The summed E-state index contributed by atoms with van der Waals surface area (Å²) in [4.78, 5) is 0. The van der Waals surface area contributed by atoms with Crippen LogP contribution in [0.2, 0.25) is 5.15 Å². The molecule has 1 aliphatic carbocycles. The summed E-state index contributed by atoms with van der Waals surface area (Å²) < 4.78 is 1.66.